The number of halogens is 1. The van der Waals surface area contributed by atoms with E-state index in [0.29, 0.717) is 37.8 Å². The molecule has 0 saturated carbocycles. The van der Waals surface area contributed by atoms with Gasteiger partial charge in [0.05, 0.1) is 6.10 Å². The molecule has 4 rings (SSSR count). The number of ether oxygens (including phenoxy) is 1. The van der Waals surface area contributed by atoms with Gasteiger partial charge >= 0.3 is 5.69 Å². The zero-order chi connectivity index (χ0) is 20.4. The second-order valence-corrected chi connectivity index (χ2v) is 7.64. The Hall–Kier alpha value is -2.65. The van der Waals surface area contributed by atoms with Gasteiger partial charge in [-0.2, -0.15) is 0 Å². The van der Waals surface area contributed by atoms with Gasteiger partial charge in [0.2, 0.25) is 11.7 Å². The Morgan fingerprint density at radius 1 is 1.24 bits per heavy atom. The third-order valence-corrected chi connectivity index (χ3v) is 5.38. The van der Waals surface area contributed by atoms with Crippen LogP contribution in [0.4, 0.5) is 0 Å². The fraction of sp³-hybridized carbons (Fsp3) is 0.474. The number of nitrogens with zero attached hydrogens (tertiary/aromatic N) is 4. The molecule has 0 bridgehead atoms. The zero-order valence-electron chi connectivity index (χ0n) is 15.8. The summed E-state index contributed by atoms with van der Waals surface area (Å²) in [6, 6.07) is 7.25. The maximum Gasteiger partial charge on any atom is 0.346 e. The molecular formula is C19H22ClN5O4. The molecule has 2 aliphatic rings. The largest absolute Gasteiger partial charge is 0.376 e. The SMILES string of the molecule is O=C(Cn1nc2n(c1=O)CCN(Cc1ccc(Cl)cc1)C2=O)NCC1CCCO1. The number of rotatable bonds is 6. The van der Waals surface area contributed by atoms with Gasteiger partial charge in [-0.25, -0.2) is 9.48 Å². The Labute approximate surface area is 172 Å². The fourth-order valence-corrected chi connectivity index (χ4v) is 3.68. The number of amides is 2. The minimum atomic E-state index is -0.452. The van der Waals surface area contributed by atoms with E-state index in [1.165, 1.54) is 4.57 Å². The predicted molar refractivity (Wildman–Crippen MR) is 105 cm³/mol. The number of fused-ring (bicyclic) bond motifs is 1. The summed E-state index contributed by atoms with van der Waals surface area (Å²) in [6.45, 7) is 2.03. The van der Waals surface area contributed by atoms with Gasteiger partial charge in [-0.05, 0) is 30.5 Å². The maximum absolute atomic E-state index is 12.8. The van der Waals surface area contributed by atoms with E-state index in [9.17, 15) is 14.4 Å². The third-order valence-electron chi connectivity index (χ3n) is 5.13. The van der Waals surface area contributed by atoms with Gasteiger partial charge in [0.15, 0.2) is 0 Å². The van der Waals surface area contributed by atoms with Crippen LogP contribution in [-0.4, -0.2) is 56.9 Å². The highest BCUT2D eigenvalue weighted by atomic mass is 35.5. The molecule has 1 N–H and O–H groups in total. The van der Waals surface area contributed by atoms with E-state index in [4.69, 9.17) is 16.3 Å². The molecule has 0 spiro atoms. The van der Waals surface area contributed by atoms with Crippen molar-refractivity contribution in [2.75, 3.05) is 19.7 Å². The number of benzene rings is 1. The molecule has 2 aliphatic heterocycles. The van der Waals surface area contributed by atoms with Crippen LogP contribution in [0.15, 0.2) is 29.1 Å². The first kappa shape index (κ1) is 19.7. The van der Waals surface area contributed by atoms with Crippen molar-refractivity contribution in [1.82, 2.24) is 24.6 Å². The van der Waals surface area contributed by atoms with Crippen molar-refractivity contribution in [2.45, 2.75) is 38.6 Å². The van der Waals surface area contributed by atoms with Crippen molar-refractivity contribution in [3.8, 4) is 0 Å². The standard InChI is InChI=1S/C19H22ClN5O4/c20-14-5-3-13(4-6-14)11-23-7-8-24-17(18(23)27)22-25(19(24)28)12-16(26)21-10-15-2-1-9-29-15/h3-6,15H,1-2,7-12H2,(H,21,26). The molecule has 9 nitrogen and oxygen atoms in total. The summed E-state index contributed by atoms with van der Waals surface area (Å²) in [4.78, 5) is 39.1. The molecule has 1 fully saturated rings. The van der Waals surface area contributed by atoms with Crippen LogP contribution in [0.3, 0.4) is 0 Å². The highest BCUT2D eigenvalue weighted by molar-refractivity contribution is 6.30. The van der Waals surface area contributed by atoms with Crippen LogP contribution < -0.4 is 11.0 Å². The highest BCUT2D eigenvalue weighted by Crippen LogP contribution is 2.15. The molecule has 1 atom stereocenters. The topological polar surface area (TPSA) is 98.5 Å². The molecular weight excluding hydrogens is 398 g/mol. The van der Waals surface area contributed by atoms with Crippen LogP contribution in [0, 0.1) is 0 Å². The molecule has 10 heteroatoms. The molecule has 2 amide bonds. The highest BCUT2D eigenvalue weighted by Gasteiger charge is 2.30. The molecule has 154 valence electrons. The molecule has 2 aromatic rings. The lowest BCUT2D eigenvalue weighted by molar-refractivity contribution is -0.122. The molecule has 29 heavy (non-hydrogen) atoms. The van der Waals surface area contributed by atoms with Crippen molar-refractivity contribution < 1.29 is 14.3 Å². The molecule has 1 aromatic carbocycles. The summed E-state index contributed by atoms with van der Waals surface area (Å²) in [6.07, 6.45) is 1.92. The Kier molecular flexibility index (Phi) is 5.68. The second-order valence-electron chi connectivity index (χ2n) is 7.21. The summed E-state index contributed by atoms with van der Waals surface area (Å²) < 4.78 is 7.84. The Bertz CT molecular complexity index is 962. The predicted octanol–water partition coefficient (Wildman–Crippen LogP) is 0.649. The van der Waals surface area contributed by atoms with Crippen molar-refractivity contribution in [1.29, 1.82) is 0 Å². The Morgan fingerprint density at radius 3 is 2.76 bits per heavy atom. The number of carbonyl (C=O) groups excluding carboxylic acids is 2. The van der Waals surface area contributed by atoms with Gasteiger partial charge in [-0.3, -0.25) is 14.2 Å². The van der Waals surface area contributed by atoms with Crippen LogP contribution in [0.25, 0.3) is 0 Å². The van der Waals surface area contributed by atoms with Crippen LogP contribution in [-0.2, 0) is 29.2 Å². The average molecular weight is 420 g/mol. The van der Waals surface area contributed by atoms with Gasteiger partial charge in [0.1, 0.15) is 6.54 Å². The van der Waals surface area contributed by atoms with Crippen LogP contribution >= 0.6 is 11.6 Å². The molecule has 1 saturated heterocycles. The van der Waals surface area contributed by atoms with Gasteiger partial charge in [0, 0.05) is 37.8 Å². The van der Waals surface area contributed by atoms with E-state index in [1.54, 1.807) is 17.0 Å². The maximum atomic E-state index is 12.8. The summed E-state index contributed by atoms with van der Waals surface area (Å²) in [5.74, 6) is -0.604. The van der Waals surface area contributed by atoms with Gasteiger partial charge < -0.3 is 15.0 Å². The normalized spacial score (nSPS) is 18.7. The smallest absolute Gasteiger partial charge is 0.346 e. The Morgan fingerprint density at radius 2 is 2.03 bits per heavy atom. The number of aromatic nitrogens is 3. The lowest BCUT2D eigenvalue weighted by atomic mass is 10.2. The van der Waals surface area contributed by atoms with E-state index in [1.807, 2.05) is 12.1 Å². The van der Waals surface area contributed by atoms with E-state index in [-0.39, 0.29) is 30.3 Å². The monoisotopic (exact) mass is 419 g/mol. The first-order chi connectivity index (χ1) is 14.0. The first-order valence-electron chi connectivity index (χ1n) is 9.61. The number of nitrogens with one attached hydrogen (secondary N) is 1. The van der Waals surface area contributed by atoms with Gasteiger partial charge in [-0.15, -0.1) is 5.10 Å². The molecule has 1 unspecified atom stereocenters. The first-order valence-corrected chi connectivity index (χ1v) is 9.99. The summed E-state index contributed by atoms with van der Waals surface area (Å²) in [5, 5.41) is 7.51. The summed E-state index contributed by atoms with van der Waals surface area (Å²) in [5.41, 5.74) is 0.484. The van der Waals surface area contributed by atoms with Crippen molar-refractivity contribution in [3.63, 3.8) is 0 Å². The summed E-state index contributed by atoms with van der Waals surface area (Å²) in [7, 11) is 0. The molecule has 3 heterocycles. The lowest BCUT2D eigenvalue weighted by Gasteiger charge is -2.26. The van der Waals surface area contributed by atoms with Gasteiger partial charge in [0.25, 0.3) is 5.91 Å². The van der Waals surface area contributed by atoms with Crippen molar-refractivity contribution in [3.05, 3.63) is 51.2 Å². The summed E-state index contributed by atoms with van der Waals surface area (Å²) >= 11 is 5.90. The van der Waals surface area contributed by atoms with Crippen LogP contribution in [0.1, 0.15) is 29.0 Å². The Balaban J connectivity index is 1.41. The number of carbonyl (C=O) groups is 2. The van der Waals surface area contributed by atoms with Gasteiger partial charge in [-0.1, -0.05) is 23.7 Å². The van der Waals surface area contributed by atoms with E-state index >= 15 is 0 Å². The van der Waals surface area contributed by atoms with E-state index < -0.39 is 5.69 Å². The minimum Gasteiger partial charge on any atom is -0.376 e. The minimum absolute atomic E-state index is 0.0221. The third kappa shape index (κ3) is 4.35. The molecule has 0 radical (unpaired) electrons. The lowest BCUT2D eigenvalue weighted by Crippen LogP contribution is -2.42. The van der Waals surface area contributed by atoms with Crippen LogP contribution in [0.2, 0.25) is 5.02 Å². The van der Waals surface area contributed by atoms with Crippen molar-refractivity contribution >= 4 is 23.4 Å². The number of hydrogen-bond donors (Lipinski definition) is 1. The molecule has 1 aromatic heterocycles. The average Bonchev–Trinajstić information content (AvgIpc) is 3.33. The second kappa shape index (κ2) is 8.38. The van der Waals surface area contributed by atoms with E-state index in [0.717, 1.165) is 23.1 Å². The van der Waals surface area contributed by atoms with E-state index in [2.05, 4.69) is 10.4 Å². The van der Waals surface area contributed by atoms with Crippen molar-refractivity contribution in [2.24, 2.45) is 0 Å². The molecule has 0 aliphatic carbocycles. The zero-order valence-corrected chi connectivity index (χ0v) is 16.6. The van der Waals surface area contributed by atoms with Crippen LogP contribution in [0.5, 0.6) is 0 Å². The fourth-order valence-electron chi connectivity index (χ4n) is 3.55. The number of hydrogen-bond acceptors (Lipinski definition) is 5. The quantitative estimate of drug-likeness (QED) is 0.741.